The number of ether oxygens (including phenoxy) is 1. The molecule has 2 saturated carbocycles. The molecule has 3 amide bonds. The van der Waals surface area contributed by atoms with Gasteiger partial charge in [0.05, 0.1) is 12.1 Å². The maximum absolute atomic E-state index is 13.2. The van der Waals surface area contributed by atoms with Crippen molar-refractivity contribution < 1.29 is 31.9 Å². The van der Waals surface area contributed by atoms with Gasteiger partial charge in [0.1, 0.15) is 12.0 Å². The Hall–Kier alpha value is -2.37. The molecule has 1 aromatic heterocycles. The molecule has 3 aliphatic heterocycles. The number of carbonyl (C=O) groups is 2. The van der Waals surface area contributed by atoms with Crippen molar-refractivity contribution in [2.24, 2.45) is 11.3 Å². The highest BCUT2D eigenvalue weighted by molar-refractivity contribution is 5.79. The molecule has 5 fully saturated rings. The fourth-order valence-electron chi connectivity index (χ4n) is 6.06. The zero-order valence-electron chi connectivity index (χ0n) is 18.1. The molecule has 1 aromatic rings. The molecule has 180 valence electrons. The predicted octanol–water partition coefficient (Wildman–Crippen LogP) is 1.63. The number of fused-ring (bicyclic) bond motifs is 1. The SMILES string of the molecule is O=C1CO[C@@H]2CCN(C(=O)N3CC4(CC(Cc5nnc(C6(C(F)(F)F)CC6)o5)C4)C3)C[C@@H]2N1. The van der Waals surface area contributed by atoms with Gasteiger partial charge in [0.2, 0.25) is 17.7 Å². The molecule has 12 heteroatoms. The fraction of sp³-hybridized carbons (Fsp3) is 0.810. The number of nitrogens with one attached hydrogen (secondary N) is 1. The molecule has 2 aliphatic carbocycles. The summed E-state index contributed by atoms with van der Waals surface area (Å²) < 4.78 is 50.6. The van der Waals surface area contributed by atoms with Gasteiger partial charge in [0.15, 0.2) is 0 Å². The van der Waals surface area contributed by atoms with E-state index >= 15 is 0 Å². The largest absolute Gasteiger partial charge is 0.424 e. The predicted molar refractivity (Wildman–Crippen MR) is 105 cm³/mol. The number of carbonyl (C=O) groups excluding carboxylic acids is 2. The van der Waals surface area contributed by atoms with Crippen LogP contribution in [0.25, 0.3) is 0 Å². The van der Waals surface area contributed by atoms with E-state index in [-0.39, 0.29) is 66.6 Å². The minimum absolute atomic E-state index is 0.00630. The van der Waals surface area contributed by atoms with Gasteiger partial charge in [-0.05, 0) is 38.0 Å². The van der Waals surface area contributed by atoms with E-state index in [0.717, 1.165) is 12.8 Å². The first-order valence-corrected chi connectivity index (χ1v) is 11.5. The minimum atomic E-state index is -4.36. The number of nitrogens with zero attached hydrogens (tertiary/aromatic N) is 4. The lowest BCUT2D eigenvalue weighted by Crippen LogP contribution is -2.68. The van der Waals surface area contributed by atoms with Crippen molar-refractivity contribution in [1.82, 2.24) is 25.3 Å². The third-order valence-electron chi connectivity index (χ3n) is 7.99. The Balaban J connectivity index is 0.979. The Labute approximate surface area is 188 Å². The topological polar surface area (TPSA) is 101 Å². The monoisotopic (exact) mass is 469 g/mol. The Morgan fingerprint density at radius 2 is 1.94 bits per heavy atom. The van der Waals surface area contributed by atoms with Crippen molar-refractivity contribution in [3.8, 4) is 0 Å². The fourth-order valence-corrected chi connectivity index (χ4v) is 6.06. The number of aromatic nitrogens is 2. The second kappa shape index (κ2) is 7.07. The van der Waals surface area contributed by atoms with Crippen LogP contribution in [0, 0.1) is 11.3 Å². The summed E-state index contributed by atoms with van der Waals surface area (Å²) in [5.41, 5.74) is -1.84. The highest BCUT2D eigenvalue weighted by atomic mass is 19.4. The van der Waals surface area contributed by atoms with E-state index in [1.165, 1.54) is 0 Å². The summed E-state index contributed by atoms with van der Waals surface area (Å²) in [5.74, 6) is 0.102. The van der Waals surface area contributed by atoms with Crippen LogP contribution in [0.2, 0.25) is 0 Å². The molecule has 1 N–H and O–H groups in total. The summed E-state index contributed by atoms with van der Waals surface area (Å²) in [4.78, 5) is 28.1. The second-order valence-corrected chi connectivity index (χ2v) is 10.5. The lowest BCUT2D eigenvalue weighted by molar-refractivity contribution is -0.165. The summed E-state index contributed by atoms with van der Waals surface area (Å²) in [6.07, 6.45) is -1.40. The normalized spacial score (nSPS) is 30.3. The molecule has 0 unspecified atom stereocenters. The number of hydrogen-bond donors (Lipinski definition) is 1. The number of morpholine rings is 1. The Bertz CT molecular complexity index is 963. The summed E-state index contributed by atoms with van der Waals surface area (Å²) in [6, 6.07) is -0.163. The van der Waals surface area contributed by atoms with Crippen molar-refractivity contribution >= 4 is 11.9 Å². The number of piperidine rings is 1. The van der Waals surface area contributed by atoms with Crippen molar-refractivity contribution in [2.75, 3.05) is 32.8 Å². The number of amides is 3. The van der Waals surface area contributed by atoms with Crippen LogP contribution in [-0.4, -0.2) is 83.0 Å². The molecular weight excluding hydrogens is 443 g/mol. The molecule has 0 aromatic carbocycles. The average molecular weight is 469 g/mol. The summed E-state index contributed by atoms with van der Waals surface area (Å²) >= 11 is 0. The molecule has 0 bridgehead atoms. The molecule has 5 aliphatic rings. The van der Waals surface area contributed by atoms with Crippen LogP contribution in [0.4, 0.5) is 18.0 Å². The number of urea groups is 1. The van der Waals surface area contributed by atoms with Crippen LogP contribution >= 0.6 is 0 Å². The average Bonchev–Trinajstić information content (AvgIpc) is 3.41. The van der Waals surface area contributed by atoms with Gasteiger partial charge in [-0.25, -0.2) is 4.79 Å². The smallest absolute Gasteiger partial charge is 0.403 e. The molecular formula is C21H26F3N5O4. The van der Waals surface area contributed by atoms with Gasteiger partial charge >= 0.3 is 12.2 Å². The second-order valence-electron chi connectivity index (χ2n) is 10.5. The summed E-state index contributed by atoms with van der Waals surface area (Å²) in [5, 5.41) is 10.5. The van der Waals surface area contributed by atoms with Crippen LogP contribution in [0.5, 0.6) is 0 Å². The Kier molecular flexibility index (Phi) is 4.54. The quantitative estimate of drug-likeness (QED) is 0.722. The van der Waals surface area contributed by atoms with Gasteiger partial charge in [-0.3, -0.25) is 4.79 Å². The first-order valence-electron chi connectivity index (χ1n) is 11.5. The maximum Gasteiger partial charge on any atom is 0.403 e. The van der Waals surface area contributed by atoms with Crippen LogP contribution < -0.4 is 5.32 Å². The first kappa shape index (κ1) is 21.2. The number of rotatable bonds is 3. The maximum atomic E-state index is 13.2. The third-order valence-corrected chi connectivity index (χ3v) is 7.99. The lowest BCUT2D eigenvalue weighted by Gasteiger charge is -2.59. The zero-order chi connectivity index (χ0) is 23.0. The molecule has 4 heterocycles. The molecule has 9 nitrogen and oxygen atoms in total. The van der Waals surface area contributed by atoms with Crippen LogP contribution in [0.15, 0.2) is 4.42 Å². The van der Waals surface area contributed by atoms with Gasteiger partial charge in [-0.2, -0.15) is 13.2 Å². The van der Waals surface area contributed by atoms with Gasteiger partial charge in [0.25, 0.3) is 0 Å². The minimum Gasteiger partial charge on any atom is -0.424 e. The Morgan fingerprint density at radius 3 is 2.64 bits per heavy atom. The third kappa shape index (κ3) is 3.48. The zero-order valence-corrected chi connectivity index (χ0v) is 18.1. The van der Waals surface area contributed by atoms with E-state index in [0.29, 0.717) is 39.0 Å². The summed E-state index contributed by atoms with van der Waals surface area (Å²) in [7, 11) is 0. The first-order chi connectivity index (χ1) is 15.7. The molecule has 1 spiro atoms. The highest BCUT2D eigenvalue weighted by Gasteiger charge is 2.68. The summed E-state index contributed by atoms with van der Waals surface area (Å²) in [6.45, 7) is 2.52. The Morgan fingerprint density at radius 1 is 1.18 bits per heavy atom. The molecule has 6 rings (SSSR count). The van der Waals surface area contributed by atoms with Crippen LogP contribution in [0.1, 0.15) is 43.9 Å². The molecule has 3 saturated heterocycles. The number of halogens is 3. The number of hydrogen-bond acceptors (Lipinski definition) is 6. The highest BCUT2D eigenvalue weighted by Crippen LogP contribution is 2.58. The van der Waals surface area contributed by atoms with E-state index in [1.807, 2.05) is 4.90 Å². The molecule has 0 radical (unpaired) electrons. The van der Waals surface area contributed by atoms with Gasteiger partial charge in [0, 0.05) is 38.0 Å². The van der Waals surface area contributed by atoms with E-state index in [9.17, 15) is 22.8 Å². The van der Waals surface area contributed by atoms with E-state index in [2.05, 4.69) is 15.5 Å². The van der Waals surface area contributed by atoms with Gasteiger partial charge < -0.3 is 24.3 Å². The van der Waals surface area contributed by atoms with E-state index in [1.54, 1.807) is 4.90 Å². The van der Waals surface area contributed by atoms with E-state index in [4.69, 9.17) is 9.15 Å². The van der Waals surface area contributed by atoms with Crippen molar-refractivity contribution in [3.63, 3.8) is 0 Å². The molecule has 33 heavy (non-hydrogen) atoms. The van der Waals surface area contributed by atoms with Gasteiger partial charge in [-0.15, -0.1) is 10.2 Å². The van der Waals surface area contributed by atoms with Crippen LogP contribution in [0.3, 0.4) is 0 Å². The standard InChI is InChI=1S/C21H26F3N5O4/c22-21(23,24)20(2-3-20)17-27-26-16(33-17)5-12-6-19(7-12)10-29(11-19)18(31)28-4-1-14-13(8-28)25-15(30)9-32-14/h12-14H,1-11H2,(H,25,30)/t13-,14+/m0/s1. The van der Waals surface area contributed by atoms with Crippen molar-refractivity contribution in [2.45, 2.75) is 62.3 Å². The van der Waals surface area contributed by atoms with Crippen molar-refractivity contribution in [3.05, 3.63) is 11.8 Å². The van der Waals surface area contributed by atoms with Crippen molar-refractivity contribution in [1.29, 1.82) is 0 Å². The van der Waals surface area contributed by atoms with Gasteiger partial charge in [-0.1, -0.05) is 0 Å². The number of likely N-dealkylation sites (tertiary alicyclic amines) is 2. The van der Waals surface area contributed by atoms with Crippen LogP contribution in [-0.2, 0) is 21.4 Å². The number of alkyl halides is 3. The molecule has 2 atom stereocenters. The van der Waals surface area contributed by atoms with E-state index < -0.39 is 11.6 Å². The lowest BCUT2D eigenvalue weighted by atomic mass is 9.57.